The van der Waals surface area contributed by atoms with Gasteiger partial charge in [0.15, 0.2) is 11.5 Å². The Labute approximate surface area is 179 Å². The second-order valence-corrected chi connectivity index (χ2v) is 7.58. The molecule has 1 N–H and O–H groups in total. The Hall–Kier alpha value is -2.29. The number of nitrogens with one attached hydrogen (secondary N) is 1. The highest BCUT2D eigenvalue weighted by Gasteiger charge is 2.11. The topological polar surface area (TPSA) is 74.1 Å². The first-order valence-electron chi connectivity index (χ1n) is 9.39. The van der Waals surface area contributed by atoms with E-state index in [9.17, 15) is 0 Å². The van der Waals surface area contributed by atoms with Gasteiger partial charge in [0.1, 0.15) is 0 Å². The molecule has 0 unspecified atom stereocenters. The normalized spacial score (nSPS) is 10.9. The number of rotatable bonds is 11. The lowest BCUT2D eigenvalue weighted by atomic mass is 10.2. The molecule has 0 radical (unpaired) electrons. The van der Waals surface area contributed by atoms with Crippen molar-refractivity contribution in [1.29, 1.82) is 0 Å². The summed E-state index contributed by atoms with van der Waals surface area (Å²) in [6, 6.07) is 13.6. The first-order chi connectivity index (χ1) is 14.2. The van der Waals surface area contributed by atoms with Crippen molar-refractivity contribution in [2.24, 2.45) is 0 Å². The maximum Gasteiger partial charge on any atom is 0.214 e. The maximum atomic E-state index is 6.37. The van der Waals surface area contributed by atoms with Crippen LogP contribution in [0.1, 0.15) is 18.9 Å². The van der Waals surface area contributed by atoms with Crippen LogP contribution >= 0.6 is 23.4 Å². The van der Waals surface area contributed by atoms with Crippen LogP contribution in [-0.2, 0) is 6.54 Å². The molecular formula is C20H24ClN5O2S. The van der Waals surface area contributed by atoms with E-state index in [-0.39, 0.29) is 0 Å². The van der Waals surface area contributed by atoms with E-state index >= 15 is 0 Å². The Balaban J connectivity index is 1.45. The first-order valence-corrected chi connectivity index (χ1v) is 10.8. The van der Waals surface area contributed by atoms with E-state index < -0.39 is 0 Å². The van der Waals surface area contributed by atoms with Gasteiger partial charge < -0.3 is 14.8 Å². The molecule has 9 heteroatoms. The van der Waals surface area contributed by atoms with Crippen LogP contribution in [0, 0.1) is 0 Å². The van der Waals surface area contributed by atoms with Crippen molar-refractivity contribution in [3.63, 3.8) is 0 Å². The first kappa shape index (κ1) is 21.4. The van der Waals surface area contributed by atoms with Gasteiger partial charge in [-0.1, -0.05) is 41.6 Å². The predicted octanol–water partition coefficient (Wildman–Crippen LogP) is 4.00. The molecule has 0 saturated carbocycles. The van der Waals surface area contributed by atoms with Gasteiger partial charge in [0, 0.05) is 23.4 Å². The summed E-state index contributed by atoms with van der Waals surface area (Å²) >= 11 is 8.01. The molecule has 1 heterocycles. The summed E-state index contributed by atoms with van der Waals surface area (Å²) < 4.78 is 12.7. The predicted molar refractivity (Wildman–Crippen MR) is 115 cm³/mol. The van der Waals surface area contributed by atoms with Crippen molar-refractivity contribution >= 4 is 23.4 Å². The molecule has 0 aliphatic carbocycles. The van der Waals surface area contributed by atoms with E-state index in [4.69, 9.17) is 21.1 Å². The van der Waals surface area contributed by atoms with Crippen molar-refractivity contribution in [3.8, 4) is 17.2 Å². The van der Waals surface area contributed by atoms with E-state index in [0.717, 1.165) is 35.1 Å². The lowest BCUT2D eigenvalue weighted by Crippen LogP contribution is -2.16. The number of halogens is 1. The number of ether oxygens (including phenoxy) is 2. The summed E-state index contributed by atoms with van der Waals surface area (Å²) in [4.78, 5) is 0. The SMILES string of the molecule is CCOc1cc(Cl)c(CNCCCSc2nnnn2-c2ccccc2)cc1OC. The number of nitrogens with zero attached hydrogens (tertiary/aromatic N) is 4. The fourth-order valence-corrected chi connectivity index (χ4v) is 3.77. The Morgan fingerprint density at radius 1 is 1.17 bits per heavy atom. The molecule has 29 heavy (non-hydrogen) atoms. The van der Waals surface area contributed by atoms with Crippen LogP contribution in [-0.4, -0.2) is 46.2 Å². The maximum absolute atomic E-state index is 6.37. The highest BCUT2D eigenvalue weighted by Crippen LogP contribution is 2.33. The molecule has 7 nitrogen and oxygen atoms in total. The Morgan fingerprint density at radius 2 is 2.00 bits per heavy atom. The van der Waals surface area contributed by atoms with Gasteiger partial charge in [0.2, 0.25) is 5.16 Å². The molecule has 0 amide bonds. The minimum absolute atomic E-state index is 0.565. The van der Waals surface area contributed by atoms with Crippen LogP contribution in [0.25, 0.3) is 5.69 Å². The van der Waals surface area contributed by atoms with E-state index in [0.29, 0.717) is 29.7 Å². The second kappa shape index (κ2) is 11.0. The average molecular weight is 434 g/mol. The van der Waals surface area contributed by atoms with Gasteiger partial charge in [-0.15, -0.1) is 5.10 Å². The molecular weight excluding hydrogens is 410 g/mol. The van der Waals surface area contributed by atoms with E-state index in [1.165, 1.54) is 0 Å². The van der Waals surface area contributed by atoms with E-state index in [1.54, 1.807) is 29.6 Å². The van der Waals surface area contributed by atoms with Crippen LogP contribution in [0.5, 0.6) is 11.5 Å². The van der Waals surface area contributed by atoms with Crippen molar-refractivity contribution in [1.82, 2.24) is 25.5 Å². The molecule has 3 rings (SSSR count). The summed E-state index contributed by atoms with van der Waals surface area (Å²) in [5.74, 6) is 2.26. The average Bonchev–Trinajstić information content (AvgIpc) is 3.21. The minimum Gasteiger partial charge on any atom is -0.493 e. The lowest BCUT2D eigenvalue weighted by molar-refractivity contribution is 0.310. The highest BCUT2D eigenvalue weighted by atomic mass is 35.5. The molecule has 3 aromatic rings. The van der Waals surface area contributed by atoms with Gasteiger partial charge in [0.05, 0.1) is 19.4 Å². The zero-order chi connectivity index (χ0) is 20.5. The van der Waals surface area contributed by atoms with Gasteiger partial charge in [-0.2, -0.15) is 4.68 Å². The smallest absolute Gasteiger partial charge is 0.214 e. The van der Waals surface area contributed by atoms with Crippen LogP contribution in [0.2, 0.25) is 5.02 Å². The number of thioether (sulfide) groups is 1. The molecule has 154 valence electrons. The molecule has 0 fully saturated rings. The largest absolute Gasteiger partial charge is 0.493 e. The summed E-state index contributed by atoms with van der Waals surface area (Å²) in [7, 11) is 1.63. The summed E-state index contributed by atoms with van der Waals surface area (Å²) in [5.41, 5.74) is 1.94. The summed E-state index contributed by atoms with van der Waals surface area (Å²) in [6.07, 6.45) is 0.970. The van der Waals surface area contributed by atoms with Gasteiger partial charge in [0.25, 0.3) is 0 Å². The van der Waals surface area contributed by atoms with E-state index in [1.807, 2.05) is 43.3 Å². The monoisotopic (exact) mass is 433 g/mol. The third-order valence-electron chi connectivity index (χ3n) is 4.12. The summed E-state index contributed by atoms with van der Waals surface area (Å²) in [5, 5.41) is 16.8. The van der Waals surface area contributed by atoms with Gasteiger partial charge >= 0.3 is 0 Å². The quantitative estimate of drug-likeness (QED) is 0.362. The van der Waals surface area contributed by atoms with Crippen molar-refractivity contribution in [3.05, 3.63) is 53.1 Å². The molecule has 0 aliphatic heterocycles. The van der Waals surface area contributed by atoms with E-state index in [2.05, 4.69) is 20.8 Å². The van der Waals surface area contributed by atoms with Crippen LogP contribution < -0.4 is 14.8 Å². The standard InChI is InChI=1S/C20H24ClN5O2S/c1-3-28-19-13-17(21)15(12-18(19)27-2)14-22-10-7-11-29-20-23-24-25-26(20)16-8-5-4-6-9-16/h4-6,8-9,12-13,22H,3,7,10-11,14H2,1-2H3. The number of para-hydroxylation sites is 1. The molecule has 0 aliphatic rings. The molecule has 1 aromatic heterocycles. The lowest BCUT2D eigenvalue weighted by Gasteiger charge is -2.13. The third-order valence-corrected chi connectivity index (χ3v) is 5.48. The Kier molecular flexibility index (Phi) is 8.15. The number of hydrogen-bond acceptors (Lipinski definition) is 7. The number of methoxy groups -OCH3 is 1. The molecule has 0 bridgehead atoms. The van der Waals surface area contributed by atoms with Crippen LogP contribution in [0.3, 0.4) is 0 Å². The van der Waals surface area contributed by atoms with Crippen molar-refractivity contribution in [2.75, 3.05) is 26.0 Å². The second-order valence-electron chi connectivity index (χ2n) is 6.12. The zero-order valence-electron chi connectivity index (χ0n) is 16.5. The Bertz CT molecular complexity index is 907. The van der Waals surface area contributed by atoms with Crippen molar-refractivity contribution < 1.29 is 9.47 Å². The molecule has 0 atom stereocenters. The van der Waals surface area contributed by atoms with Gasteiger partial charge in [-0.3, -0.25) is 0 Å². The van der Waals surface area contributed by atoms with Gasteiger partial charge in [-0.25, -0.2) is 0 Å². The molecule has 2 aromatic carbocycles. The fraction of sp³-hybridized carbons (Fsp3) is 0.350. The Morgan fingerprint density at radius 3 is 2.76 bits per heavy atom. The van der Waals surface area contributed by atoms with Crippen LogP contribution in [0.15, 0.2) is 47.6 Å². The number of hydrogen-bond donors (Lipinski definition) is 1. The fourth-order valence-electron chi connectivity index (χ4n) is 2.72. The zero-order valence-corrected chi connectivity index (χ0v) is 18.0. The van der Waals surface area contributed by atoms with Gasteiger partial charge in [-0.05, 0) is 54.1 Å². The summed E-state index contributed by atoms with van der Waals surface area (Å²) in [6.45, 7) is 4.01. The minimum atomic E-state index is 0.565. The highest BCUT2D eigenvalue weighted by molar-refractivity contribution is 7.99. The van der Waals surface area contributed by atoms with Crippen LogP contribution in [0.4, 0.5) is 0 Å². The number of aromatic nitrogens is 4. The number of benzene rings is 2. The number of tetrazole rings is 1. The third kappa shape index (κ3) is 5.85. The van der Waals surface area contributed by atoms with Crippen molar-refractivity contribution in [2.45, 2.75) is 25.0 Å². The molecule has 0 spiro atoms. The molecule has 0 saturated heterocycles.